The van der Waals surface area contributed by atoms with Crippen molar-refractivity contribution in [1.29, 1.82) is 5.26 Å². The van der Waals surface area contributed by atoms with Crippen LogP contribution in [0, 0.1) is 24.2 Å². The van der Waals surface area contributed by atoms with Gasteiger partial charge in [0.1, 0.15) is 11.5 Å². The Bertz CT molecular complexity index is 1010. The fraction of sp³-hybridized carbons (Fsp3) is 0.545. The van der Waals surface area contributed by atoms with Gasteiger partial charge in [0.2, 0.25) is 0 Å². The topological polar surface area (TPSA) is 53.2 Å². The van der Waals surface area contributed by atoms with Gasteiger partial charge in [-0.1, -0.05) is 64.4 Å². The summed E-state index contributed by atoms with van der Waals surface area (Å²) in [7, 11) is 0. The summed E-state index contributed by atoms with van der Waals surface area (Å²) in [5.41, 5.74) is 4.36. The second-order valence-corrected chi connectivity index (χ2v) is 10.8. The lowest BCUT2D eigenvalue weighted by Gasteiger charge is -2.36. The number of halogens is 1. The standard InChI is InChI=1S/C14H18N2.C13H18O.C6H11F/c1-4-5-6-12(3)16-14-8-7-13(10-15)9-11(14)2;1-3-7-13(14)10-11(2)12-8-5-4-6-9-12;1-5-3-6(2,7)4-5/h7-9H,4-6H2,1-3H3;4-6,8-9,11H,3,7,10H2,1-2H3;5H,3-4H2,1-2H3. The summed E-state index contributed by atoms with van der Waals surface area (Å²) < 4.78 is 12.5. The smallest absolute Gasteiger partial charge is 0.133 e. The quantitative estimate of drug-likeness (QED) is 0.318. The summed E-state index contributed by atoms with van der Waals surface area (Å²) in [5, 5.41) is 8.77. The number of aliphatic imine (C=N–C) groups is 1. The van der Waals surface area contributed by atoms with Crippen LogP contribution in [-0.2, 0) is 4.79 Å². The third-order valence-electron chi connectivity index (χ3n) is 6.51. The largest absolute Gasteiger partial charge is 0.300 e. The van der Waals surface area contributed by atoms with Crippen LogP contribution < -0.4 is 0 Å². The maximum atomic E-state index is 12.5. The van der Waals surface area contributed by atoms with Crippen LogP contribution in [0.5, 0.6) is 0 Å². The van der Waals surface area contributed by atoms with Crippen molar-refractivity contribution < 1.29 is 9.18 Å². The Morgan fingerprint density at radius 3 is 2.24 bits per heavy atom. The summed E-state index contributed by atoms with van der Waals surface area (Å²) in [6, 6.07) is 18.0. The molecule has 202 valence electrons. The highest BCUT2D eigenvalue weighted by molar-refractivity contribution is 5.85. The lowest BCUT2D eigenvalue weighted by atomic mass is 9.75. The number of ketones is 1. The van der Waals surface area contributed by atoms with Gasteiger partial charge in [-0.05, 0) is 94.0 Å². The average Bonchev–Trinajstić information content (AvgIpc) is 2.84. The first-order valence-corrected chi connectivity index (χ1v) is 13.8. The number of nitrogens with zero attached hydrogens (tertiary/aromatic N) is 2. The first-order chi connectivity index (χ1) is 17.5. The molecule has 1 aliphatic carbocycles. The predicted octanol–water partition coefficient (Wildman–Crippen LogP) is 9.84. The molecule has 0 saturated heterocycles. The zero-order chi connectivity index (χ0) is 27.8. The Hall–Kier alpha value is -2.80. The van der Waals surface area contributed by atoms with Gasteiger partial charge in [0.15, 0.2) is 0 Å². The molecule has 0 spiro atoms. The monoisotopic (exact) mass is 506 g/mol. The second kappa shape index (κ2) is 16.8. The van der Waals surface area contributed by atoms with Crippen molar-refractivity contribution >= 4 is 17.2 Å². The van der Waals surface area contributed by atoms with Crippen molar-refractivity contribution in [2.75, 3.05) is 0 Å². The molecule has 1 atom stereocenters. The third-order valence-corrected chi connectivity index (χ3v) is 6.51. The number of hydrogen-bond acceptors (Lipinski definition) is 3. The van der Waals surface area contributed by atoms with E-state index in [0.29, 0.717) is 29.6 Å². The molecule has 0 aromatic heterocycles. The molecule has 0 radical (unpaired) electrons. The molecule has 4 heteroatoms. The van der Waals surface area contributed by atoms with Crippen LogP contribution in [0.4, 0.5) is 10.1 Å². The van der Waals surface area contributed by atoms with Crippen molar-refractivity contribution in [2.45, 2.75) is 111 Å². The molecule has 2 aromatic rings. The summed E-state index contributed by atoms with van der Waals surface area (Å²) in [4.78, 5) is 16.0. The van der Waals surface area contributed by atoms with Crippen LogP contribution in [0.3, 0.4) is 0 Å². The SMILES string of the molecule is CC1CC(C)(F)C1.CCCC(=O)CC(C)c1ccccc1.CCCCC(C)=Nc1ccc(C#N)cc1C. The third kappa shape index (κ3) is 13.4. The molecule has 1 fully saturated rings. The van der Waals surface area contributed by atoms with E-state index < -0.39 is 5.67 Å². The Labute approximate surface area is 225 Å². The Kier molecular flexibility index (Phi) is 14.7. The first-order valence-electron chi connectivity index (χ1n) is 13.8. The van der Waals surface area contributed by atoms with E-state index in [0.717, 1.165) is 49.1 Å². The number of carbonyl (C=O) groups excluding carboxylic acids is 1. The summed E-state index contributed by atoms with van der Waals surface area (Å²) in [6.45, 7) is 14.2. The number of alkyl halides is 1. The lowest BCUT2D eigenvalue weighted by Crippen LogP contribution is -2.34. The number of carbonyl (C=O) groups is 1. The lowest BCUT2D eigenvalue weighted by molar-refractivity contribution is -0.119. The molecule has 0 bridgehead atoms. The van der Waals surface area contributed by atoms with Gasteiger partial charge in [-0.25, -0.2) is 4.39 Å². The molecular weight excluding hydrogens is 459 g/mol. The molecule has 2 aromatic carbocycles. The zero-order valence-corrected chi connectivity index (χ0v) is 24.1. The van der Waals surface area contributed by atoms with Crippen LogP contribution >= 0.6 is 0 Å². The number of aryl methyl sites for hydroxylation is 1. The first kappa shape index (κ1) is 32.2. The highest BCUT2D eigenvalue weighted by atomic mass is 19.1. The van der Waals surface area contributed by atoms with Gasteiger partial charge in [-0.3, -0.25) is 9.79 Å². The van der Waals surface area contributed by atoms with Gasteiger partial charge in [0.25, 0.3) is 0 Å². The maximum absolute atomic E-state index is 12.5. The summed E-state index contributed by atoms with van der Waals surface area (Å²) >= 11 is 0. The number of benzene rings is 2. The highest BCUT2D eigenvalue weighted by Crippen LogP contribution is 2.39. The van der Waals surface area contributed by atoms with Gasteiger partial charge in [-0.15, -0.1) is 0 Å². The molecular formula is C33H47FN2O. The van der Waals surface area contributed by atoms with Crippen molar-refractivity contribution in [1.82, 2.24) is 0 Å². The second-order valence-electron chi connectivity index (χ2n) is 10.8. The Morgan fingerprint density at radius 2 is 1.78 bits per heavy atom. The van der Waals surface area contributed by atoms with Gasteiger partial charge < -0.3 is 0 Å². The average molecular weight is 507 g/mol. The Balaban J connectivity index is 0.000000297. The van der Waals surface area contributed by atoms with Crippen molar-refractivity contribution in [2.24, 2.45) is 10.9 Å². The van der Waals surface area contributed by atoms with Crippen molar-refractivity contribution in [3.8, 4) is 6.07 Å². The zero-order valence-electron chi connectivity index (χ0n) is 24.1. The van der Waals surface area contributed by atoms with Gasteiger partial charge in [0.05, 0.1) is 17.3 Å². The fourth-order valence-electron chi connectivity index (χ4n) is 4.56. The van der Waals surface area contributed by atoms with Crippen LogP contribution in [0.25, 0.3) is 0 Å². The number of nitriles is 1. The number of unbranched alkanes of at least 4 members (excludes halogenated alkanes) is 1. The highest BCUT2D eigenvalue weighted by Gasteiger charge is 2.37. The molecule has 0 N–H and O–H groups in total. The van der Waals surface area contributed by atoms with E-state index in [2.05, 4.69) is 50.9 Å². The summed E-state index contributed by atoms with van der Waals surface area (Å²) in [6.07, 6.45) is 7.33. The minimum absolute atomic E-state index is 0.357. The van der Waals surface area contributed by atoms with E-state index in [4.69, 9.17) is 5.26 Å². The van der Waals surface area contributed by atoms with Gasteiger partial charge >= 0.3 is 0 Å². The molecule has 1 unspecified atom stereocenters. The minimum Gasteiger partial charge on any atom is -0.300 e. The number of Topliss-reactive ketones (excluding diaryl/α,β-unsaturated/α-hetero) is 1. The van der Waals surface area contributed by atoms with Crippen LogP contribution in [-0.4, -0.2) is 17.2 Å². The summed E-state index contributed by atoms with van der Waals surface area (Å²) in [5.74, 6) is 1.37. The van der Waals surface area contributed by atoms with Crippen molar-refractivity contribution in [3.63, 3.8) is 0 Å². The van der Waals surface area contributed by atoms with E-state index in [9.17, 15) is 9.18 Å². The van der Waals surface area contributed by atoms with Crippen LogP contribution in [0.1, 0.15) is 116 Å². The van der Waals surface area contributed by atoms with Crippen LogP contribution in [0.2, 0.25) is 0 Å². The van der Waals surface area contributed by atoms with E-state index in [1.165, 1.54) is 18.4 Å². The molecule has 3 rings (SSSR count). The molecule has 0 heterocycles. The molecule has 1 aliphatic rings. The van der Waals surface area contributed by atoms with E-state index in [-0.39, 0.29) is 0 Å². The molecule has 37 heavy (non-hydrogen) atoms. The normalized spacial score (nSPS) is 19.2. The van der Waals surface area contributed by atoms with Gasteiger partial charge in [0, 0.05) is 18.6 Å². The van der Waals surface area contributed by atoms with Gasteiger partial charge in [-0.2, -0.15) is 5.26 Å². The molecule has 3 nitrogen and oxygen atoms in total. The molecule has 0 aliphatic heterocycles. The molecule has 0 amide bonds. The number of rotatable bonds is 9. The Morgan fingerprint density at radius 1 is 1.14 bits per heavy atom. The minimum atomic E-state index is -0.806. The van der Waals surface area contributed by atoms with E-state index >= 15 is 0 Å². The predicted molar refractivity (Wildman–Crippen MR) is 155 cm³/mol. The van der Waals surface area contributed by atoms with E-state index in [1.807, 2.05) is 50.2 Å². The van der Waals surface area contributed by atoms with Crippen LogP contribution in [0.15, 0.2) is 53.5 Å². The molecule has 1 saturated carbocycles. The number of hydrogen-bond donors (Lipinski definition) is 0. The van der Waals surface area contributed by atoms with Crippen molar-refractivity contribution in [3.05, 3.63) is 65.2 Å². The van der Waals surface area contributed by atoms with E-state index in [1.54, 1.807) is 6.92 Å². The fourth-order valence-corrected chi connectivity index (χ4v) is 4.56. The maximum Gasteiger partial charge on any atom is 0.133 e.